The van der Waals surface area contributed by atoms with Gasteiger partial charge in [-0.25, -0.2) is 0 Å². The van der Waals surface area contributed by atoms with Crippen LogP contribution >= 0.6 is 0 Å². The lowest BCUT2D eigenvalue weighted by molar-refractivity contribution is -0.0177. The molecule has 3 unspecified atom stereocenters. The fourth-order valence-electron chi connectivity index (χ4n) is 2.74. The second-order valence-electron chi connectivity index (χ2n) is 5.45. The van der Waals surface area contributed by atoms with Crippen molar-refractivity contribution in [1.29, 1.82) is 0 Å². The third kappa shape index (κ3) is 2.36. The average molecular weight is 257 g/mol. The monoisotopic (exact) mass is 257 g/mol. The molecule has 1 saturated heterocycles. The van der Waals surface area contributed by atoms with E-state index in [0.717, 1.165) is 35.2 Å². The molecule has 1 aliphatic rings. The molecule has 2 aromatic rings. The van der Waals surface area contributed by atoms with Gasteiger partial charge in [-0.3, -0.25) is 4.98 Å². The third-order valence-corrected chi connectivity index (χ3v) is 3.95. The minimum absolute atomic E-state index is 0.0872. The molecule has 100 valence electrons. The first-order chi connectivity index (χ1) is 9.15. The van der Waals surface area contributed by atoms with E-state index in [1.165, 1.54) is 0 Å². The smallest absolute Gasteiger partial charge is 0.105 e. The second kappa shape index (κ2) is 4.91. The lowest BCUT2D eigenvalue weighted by atomic mass is 9.94. The van der Waals surface area contributed by atoms with Crippen LogP contribution in [0.15, 0.2) is 30.3 Å². The topological polar surface area (TPSA) is 42.4 Å². The molecule has 1 fully saturated rings. The van der Waals surface area contributed by atoms with Gasteiger partial charge in [-0.2, -0.15) is 0 Å². The number of aliphatic hydroxyl groups excluding tert-OH is 1. The lowest BCUT2D eigenvalue weighted by Gasteiger charge is -2.21. The van der Waals surface area contributed by atoms with Crippen molar-refractivity contribution in [3.63, 3.8) is 0 Å². The standard InChI is InChI=1S/C16H19NO2/c1-10-7-8-19-16(10)15(18)13-5-6-14-12(9-13)4-3-11(2)17-14/h3-6,9-10,15-16,18H,7-8H2,1-2H3. The molecule has 3 nitrogen and oxygen atoms in total. The summed E-state index contributed by atoms with van der Waals surface area (Å²) < 4.78 is 5.65. The van der Waals surface area contributed by atoms with E-state index in [9.17, 15) is 5.11 Å². The number of fused-ring (bicyclic) bond motifs is 1. The Hall–Kier alpha value is -1.45. The van der Waals surface area contributed by atoms with Crippen molar-refractivity contribution in [2.24, 2.45) is 5.92 Å². The largest absolute Gasteiger partial charge is 0.386 e. The molecule has 3 rings (SSSR count). The first-order valence-electron chi connectivity index (χ1n) is 6.82. The molecule has 1 N–H and O–H groups in total. The number of hydrogen-bond acceptors (Lipinski definition) is 3. The van der Waals surface area contributed by atoms with Crippen LogP contribution in [-0.2, 0) is 4.74 Å². The first kappa shape index (κ1) is 12.6. The Labute approximate surface area is 113 Å². The quantitative estimate of drug-likeness (QED) is 0.899. The molecule has 2 heterocycles. The summed E-state index contributed by atoms with van der Waals surface area (Å²) in [5, 5.41) is 11.5. The lowest BCUT2D eigenvalue weighted by Crippen LogP contribution is -2.22. The van der Waals surface area contributed by atoms with Gasteiger partial charge in [0.05, 0.1) is 11.6 Å². The Morgan fingerprint density at radius 1 is 1.32 bits per heavy atom. The van der Waals surface area contributed by atoms with Crippen molar-refractivity contribution < 1.29 is 9.84 Å². The molecule has 1 aromatic carbocycles. The van der Waals surface area contributed by atoms with E-state index < -0.39 is 6.10 Å². The predicted molar refractivity (Wildman–Crippen MR) is 75.0 cm³/mol. The summed E-state index contributed by atoms with van der Waals surface area (Å²) in [5.41, 5.74) is 2.89. The van der Waals surface area contributed by atoms with E-state index in [1.54, 1.807) is 0 Å². The number of nitrogens with zero attached hydrogens (tertiary/aromatic N) is 1. The van der Waals surface area contributed by atoms with Gasteiger partial charge in [0.25, 0.3) is 0 Å². The molecule has 3 atom stereocenters. The van der Waals surface area contributed by atoms with E-state index in [4.69, 9.17) is 4.74 Å². The van der Waals surface area contributed by atoms with Crippen LogP contribution in [0.25, 0.3) is 10.9 Å². The van der Waals surface area contributed by atoms with Crippen molar-refractivity contribution in [2.75, 3.05) is 6.61 Å². The number of hydrogen-bond donors (Lipinski definition) is 1. The minimum Gasteiger partial charge on any atom is -0.386 e. The van der Waals surface area contributed by atoms with Gasteiger partial charge in [-0.15, -0.1) is 0 Å². The summed E-state index contributed by atoms with van der Waals surface area (Å²) in [7, 11) is 0. The molecule has 0 radical (unpaired) electrons. The van der Waals surface area contributed by atoms with Gasteiger partial charge in [0.1, 0.15) is 6.10 Å². The molecule has 3 heteroatoms. The third-order valence-electron chi connectivity index (χ3n) is 3.95. The average Bonchev–Trinajstić information content (AvgIpc) is 2.83. The van der Waals surface area contributed by atoms with Crippen molar-refractivity contribution in [1.82, 2.24) is 4.98 Å². The Balaban J connectivity index is 1.94. The van der Waals surface area contributed by atoms with Gasteiger partial charge >= 0.3 is 0 Å². The van der Waals surface area contributed by atoms with Gasteiger partial charge in [-0.05, 0) is 43.0 Å². The van der Waals surface area contributed by atoms with Crippen LogP contribution in [0.3, 0.4) is 0 Å². The second-order valence-corrected chi connectivity index (χ2v) is 5.45. The zero-order valence-corrected chi connectivity index (χ0v) is 11.3. The highest BCUT2D eigenvalue weighted by atomic mass is 16.5. The molecular weight excluding hydrogens is 238 g/mol. The summed E-state index contributed by atoms with van der Waals surface area (Å²) >= 11 is 0. The van der Waals surface area contributed by atoms with Crippen LogP contribution in [0, 0.1) is 12.8 Å². The van der Waals surface area contributed by atoms with Crippen molar-refractivity contribution in [3.8, 4) is 0 Å². The Bertz CT molecular complexity index is 596. The number of rotatable bonds is 2. The zero-order chi connectivity index (χ0) is 13.4. The maximum absolute atomic E-state index is 10.5. The molecule has 1 aliphatic heterocycles. The highest BCUT2D eigenvalue weighted by molar-refractivity contribution is 5.79. The summed E-state index contributed by atoms with van der Waals surface area (Å²) in [6.45, 7) is 4.86. The van der Waals surface area contributed by atoms with Crippen LogP contribution in [0.2, 0.25) is 0 Å². The minimum atomic E-state index is -0.553. The fourth-order valence-corrected chi connectivity index (χ4v) is 2.74. The van der Waals surface area contributed by atoms with Crippen molar-refractivity contribution >= 4 is 10.9 Å². The first-order valence-corrected chi connectivity index (χ1v) is 6.82. The number of aromatic nitrogens is 1. The van der Waals surface area contributed by atoms with E-state index in [-0.39, 0.29) is 6.10 Å². The van der Waals surface area contributed by atoms with Crippen molar-refractivity contribution in [3.05, 3.63) is 41.6 Å². The van der Waals surface area contributed by atoms with Crippen LogP contribution in [0.1, 0.15) is 30.7 Å². The molecule has 0 spiro atoms. The number of ether oxygens (including phenoxy) is 1. The maximum Gasteiger partial charge on any atom is 0.105 e. The van der Waals surface area contributed by atoms with Gasteiger partial charge in [0, 0.05) is 17.7 Å². The highest BCUT2D eigenvalue weighted by Gasteiger charge is 2.31. The summed E-state index contributed by atoms with van der Waals surface area (Å²) in [6.07, 6.45) is 0.384. The van der Waals surface area contributed by atoms with E-state index >= 15 is 0 Å². The van der Waals surface area contributed by atoms with Crippen molar-refractivity contribution in [2.45, 2.75) is 32.5 Å². The van der Waals surface area contributed by atoms with Crippen LogP contribution in [0.4, 0.5) is 0 Å². The summed E-state index contributed by atoms with van der Waals surface area (Å²) in [6, 6.07) is 9.98. The maximum atomic E-state index is 10.5. The Morgan fingerprint density at radius 2 is 2.16 bits per heavy atom. The van der Waals surface area contributed by atoms with E-state index in [2.05, 4.69) is 11.9 Å². The molecule has 0 bridgehead atoms. The predicted octanol–water partition coefficient (Wildman–Crippen LogP) is 3.00. The van der Waals surface area contributed by atoms with Gasteiger partial charge in [-0.1, -0.05) is 19.1 Å². The molecule has 1 aromatic heterocycles. The number of pyridine rings is 1. The molecule has 0 saturated carbocycles. The molecule has 0 amide bonds. The van der Waals surface area contributed by atoms with Gasteiger partial charge < -0.3 is 9.84 Å². The normalized spacial score (nSPS) is 24.8. The SMILES string of the molecule is Cc1ccc2cc(C(O)C3OCCC3C)ccc2n1. The fraction of sp³-hybridized carbons (Fsp3) is 0.438. The number of aliphatic hydroxyl groups is 1. The van der Waals surface area contributed by atoms with E-state index in [0.29, 0.717) is 5.92 Å². The van der Waals surface area contributed by atoms with E-state index in [1.807, 2.05) is 37.3 Å². The Morgan fingerprint density at radius 3 is 2.89 bits per heavy atom. The molecule has 19 heavy (non-hydrogen) atoms. The molecular formula is C16H19NO2. The highest BCUT2D eigenvalue weighted by Crippen LogP contribution is 2.32. The summed E-state index contributed by atoms with van der Waals surface area (Å²) in [5.74, 6) is 0.404. The Kier molecular flexibility index (Phi) is 3.25. The van der Waals surface area contributed by atoms with Crippen LogP contribution < -0.4 is 0 Å². The zero-order valence-electron chi connectivity index (χ0n) is 11.3. The van der Waals surface area contributed by atoms with Gasteiger partial charge in [0.2, 0.25) is 0 Å². The van der Waals surface area contributed by atoms with Crippen LogP contribution in [-0.4, -0.2) is 22.8 Å². The number of aryl methyl sites for hydroxylation is 1. The number of benzene rings is 1. The molecule has 0 aliphatic carbocycles. The summed E-state index contributed by atoms with van der Waals surface area (Å²) in [4.78, 5) is 4.48. The van der Waals surface area contributed by atoms with Crippen LogP contribution in [0.5, 0.6) is 0 Å². The van der Waals surface area contributed by atoms with Gasteiger partial charge in [0.15, 0.2) is 0 Å².